The van der Waals surface area contributed by atoms with E-state index in [9.17, 15) is 4.39 Å². The van der Waals surface area contributed by atoms with E-state index in [0.717, 1.165) is 25.0 Å². The maximum Gasteiger partial charge on any atom is 0.178 e. The van der Waals surface area contributed by atoms with Gasteiger partial charge in [0.1, 0.15) is 0 Å². The van der Waals surface area contributed by atoms with Crippen molar-refractivity contribution in [1.29, 1.82) is 0 Å². The predicted molar refractivity (Wildman–Crippen MR) is 76.8 cm³/mol. The van der Waals surface area contributed by atoms with Crippen LogP contribution in [0.5, 0.6) is 5.75 Å². The summed E-state index contributed by atoms with van der Waals surface area (Å²) in [6.07, 6.45) is 0.980. The molecular weight excluding hydrogens is 265 g/mol. The van der Waals surface area contributed by atoms with Gasteiger partial charge in [0.25, 0.3) is 0 Å². The van der Waals surface area contributed by atoms with Crippen LogP contribution in [0.25, 0.3) is 11.0 Å². The average molecular weight is 283 g/mol. The number of aromatic amines is 1. The van der Waals surface area contributed by atoms with Gasteiger partial charge in [-0.05, 0) is 39.3 Å². The monoisotopic (exact) mass is 283 g/mol. The molecule has 19 heavy (non-hydrogen) atoms. The molecule has 1 N–H and O–H groups in total. The Labute approximate surface area is 116 Å². The quantitative estimate of drug-likeness (QED) is 0.857. The molecule has 0 amide bonds. The minimum Gasteiger partial charge on any atom is -0.494 e. The number of nitrogens with zero attached hydrogens (tertiary/aromatic N) is 2. The van der Waals surface area contributed by atoms with E-state index in [0.29, 0.717) is 10.3 Å². The standard InChI is InChI=1S/C13H18FN3OS/c1-16(2)5-4-6-17-11-8-12(18-3)9(14)7-10(11)15-13(17)19/h7-8H,4-6H2,1-3H3,(H,15,19). The minimum atomic E-state index is -0.383. The Balaban J connectivity index is 2.37. The van der Waals surface area contributed by atoms with Crippen molar-refractivity contribution in [3.05, 3.63) is 22.7 Å². The number of imidazole rings is 1. The first-order valence-electron chi connectivity index (χ1n) is 6.13. The topological polar surface area (TPSA) is 33.2 Å². The third kappa shape index (κ3) is 2.96. The molecule has 0 unspecified atom stereocenters. The lowest BCUT2D eigenvalue weighted by molar-refractivity contribution is 0.384. The van der Waals surface area contributed by atoms with Gasteiger partial charge >= 0.3 is 0 Å². The first-order valence-corrected chi connectivity index (χ1v) is 6.54. The normalized spacial score (nSPS) is 11.4. The molecule has 1 aromatic heterocycles. The molecule has 104 valence electrons. The lowest BCUT2D eigenvalue weighted by Gasteiger charge is -2.10. The van der Waals surface area contributed by atoms with Gasteiger partial charge < -0.3 is 19.2 Å². The van der Waals surface area contributed by atoms with Gasteiger partial charge in [-0.2, -0.15) is 0 Å². The molecule has 0 spiro atoms. The van der Waals surface area contributed by atoms with Crippen LogP contribution >= 0.6 is 12.2 Å². The Bertz CT molecular complexity index is 633. The third-order valence-corrected chi connectivity index (χ3v) is 3.36. The lowest BCUT2D eigenvalue weighted by Crippen LogP contribution is -2.15. The van der Waals surface area contributed by atoms with Crippen LogP contribution in [0.3, 0.4) is 0 Å². The number of nitrogens with one attached hydrogen (secondary N) is 1. The molecule has 0 atom stereocenters. The van der Waals surface area contributed by atoms with Crippen LogP contribution in [0, 0.1) is 10.6 Å². The van der Waals surface area contributed by atoms with E-state index >= 15 is 0 Å². The summed E-state index contributed by atoms with van der Waals surface area (Å²) in [4.78, 5) is 5.15. The molecule has 1 heterocycles. The molecule has 0 saturated heterocycles. The summed E-state index contributed by atoms with van der Waals surface area (Å²) < 4.78 is 21.2. The number of benzene rings is 1. The fourth-order valence-corrected chi connectivity index (χ4v) is 2.38. The summed E-state index contributed by atoms with van der Waals surface area (Å²) in [5.41, 5.74) is 1.58. The van der Waals surface area contributed by atoms with Crippen molar-refractivity contribution in [2.45, 2.75) is 13.0 Å². The van der Waals surface area contributed by atoms with Gasteiger partial charge in [-0.1, -0.05) is 0 Å². The van der Waals surface area contributed by atoms with E-state index in [1.165, 1.54) is 13.2 Å². The smallest absolute Gasteiger partial charge is 0.178 e. The SMILES string of the molecule is COc1cc2c(cc1F)[nH]c(=S)n2CCCN(C)C. The molecule has 2 aromatic rings. The Morgan fingerprint density at radius 2 is 2.16 bits per heavy atom. The number of fused-ring (bicyclic) bond motifs is 1. The van der Waals surface area contributed by atoms with E-state index in [1.54, 1.807) is 6.07 Å². The van der Waals surface area contributed by atoms with Crippen molar-refractivity contribution in [3.8, 4) is 5.75 Å². The molecule has 0 aliphatic carbocycles. The van der Waals surface area contributed by atoms with Gasteiger partial charge in [-0.25, -0.2) is 4.39 Å². The van der Waals surface area contributed by atoms with E-state index < -0.39 is 0 Å². The highest BCUT2D eigenvalue weighted by Crippen LogP contribution is 2.24. The molecular formula is C13H18FN3OS. The Morgan fingerprint density at radius 3 is 2.79 bits per heavy atom. The number of H-pyrrole nitrogens is 1. The Hall–Kier alpha value is -1.40. The van der Waals surface area contributed by atoms with Crippen LogP contribution < -0.4 is 4.74 Å². The number of methoxy groups -OCH3 is 1. The van der Waals surface area contributed by atoms with E-state index in [2.05, 4.69) is 9.88 Å². The zero-order valence-electron chi connectivity index (χ0n) is 11.4. The number of hydrogen-bond acceptors (Lipinski definition) is 3. The number of ether oxygens (including phenoxy) is 1. The summed E-state index contributed by atoms with van der Waals surface area (Å²) in [6.45, 7) is 1.78. The van der Waals surface area contributed by atoms with Gasteiger partial charge in [-0.15, -0.1) is 0 Å². The molecule has 0 aliphatic heterocycles. The first-order chi connectivity index (χ1) is 9.02. The number of hydrogen-bond donors (Lipinski definition) is 1. The number of aromatic nitrogens is 2. The van der Waals surface area contributed by atoms with Gasteiger partial charge in [0.05, 0.1) is 18.1 Å². The van der Waals surface area contributed by atoms with E-state index in [4.69, 9.17) is 17.0 Å². The molecule has 0 fully saturated rings. The third-order valence-electron chi connectivity index (χ3n) is 3.03. The van der Waals surface area contributed by atoms with Crippen molar-refractivity contribution in [3.63, 3.8) is 0 Å². The first kappa shape index (κ1) is 14.0. The molecule has 1 aromatic carbocycles. The summed E-state index contributed by atoms with van der Waals surface area (Å²) in [5.74, 6) is -0.144. The van der Waals surface area contributed by atoms with Crippen molar-refractivity contribution >= 4 is 23.3 Å². The van der Waals surface area contributed by atoms with Crippen LogP contribution in [0.1, 0.15) is 6.42 Å². The van der Waals surface area contributed by atoms with Gasteiger partial charge in [-0.3, -0.25) is 0 Å². The maximum absolute atomic E-state index is 13.6. The van der Waals surface area contributed by atoms with Gasteiger partial charge in [0, 0.05) is 18.7 Å². The summed E-state index contributed by atoms with van der Waals surface area (Å²) in [5, 5.41) is 0. The second kappa shape index (κ2) is 5.71. The van der Waals surface area contributed by atoms with Crippen molar-refractivity contribution in [2.24, 2.45) is 0 Å². The highest BCUT2D eigenvalue weighted by Gasteiger charge is 2.10. The molecule has 2 rings (SSSR count). The van der Waals surface area contributed by atoms with Crippen molar-refractivity contribution in [2.75, 3.05) is 27.7 Å². The van der Waals surface area contributed by atoms with E-state index in [1.807, 2.05) is 18.7 Å². The van der Waals surface area contributed by atoms with Gasteiger partial charge in [0.15, 0.2) is 16.3 Å². The number of rotatable bonds is 5. The zero-order valence-corrected chi connectivity index (χ0v) is 12.2. The average Bonchev–Trinajstić information content (AvgIpc) is 2.63. The lowest BCUT2D eigenvalue weighted by atomic mass is 10.2. The molecule has 0 bridgehead atoms. The largest absolute Gasteiger partial charge is 0.494 e. The fraction of sp³-hybridized carbons (Fsp3) is 0.462. The summed E-state index contributed by atoms with van der Waals surface area (Å²) in [6, 6.07) is 3.11. The summed E-state index contributed by atoms with van der Waals surface area (Å²) >= 11 is 5.29. The fourth-order valence-electron chi connectivity index (χ4n) is 2.08. The molecule has 0 radical (unpaired) electrons. The number of aryl methyl sites for hydroxylation is 1. The molecule has 6 heteroatoms. The Kier molecular flexibility index (Phi) is 4.21. The minimum absolute atomic E-state index is 0.239. The predicted octanol–water partition coefficient (Wildman–Crippen LogP) is 2.80. The maximum atomic E-state index is 13.6. The van der Waals surface area contributed by atoms with Gasteiger partial charge in [0.2, 0.25) is 0 Å². The van der Waals surface area contributed by atoms with Crippen molar-refractivity contribution < 1.29 is 9.13 Å². The highest BCUT2D eigenvalue weighted by atomic mass is 32.1. The number of halogens is 1. The van der Waals surface area contributed by atoms with Crippen LogP contribution in [0.15, 0.2) is 12.1 Å². The second-order valence-corrected chi connectivity index (χ2v) is 5.13. The van der Waals surface area contributed by atoms with Crippen LogP contribution in [0.2, 0.25) is 0 Å². The van der Waals surface area contributed by atoms with Crippen LogP contribution in [-0.4, -0.2) is 42.2 Å². The Morgan fingerprint density at radius 1 is 1.42 bits per heavy atom. The molecule has 0 saturated carbocycles. The van der Waals surface area contributed by atoms with Crippen molar-refractivity contribution in [1.82, 2.24) is 14.5 Å². The summed E-state index contributed by atoms with van der Waals surface area (Å²) in [7, 11) is 5.53. The second-order valence-electron chi connectivity index (χ2n) is 4.74. The van der Waals surface area contributed by atoms with E-state index in [-0.39, 0.29) is 11.6 Å². The van der Waals surface area contributed by atoms with Crippen LogP contribution in [0.4, 0.5) is 4.39 Å². The van der Waals surface area contributed by atoms with Crippen LogP contribution in [-0.2, 0) is 6.54 Å². The highest BCUT2D eigenvalue weighted by molar-refractivity contribution is 7.71. The molecule has 0 aliphatic rings. The molecule has 4 nitrogen and oxygen atoms in total. The zero-order chi connectivity index (χ0) is 14.0.